The number of nitrogens with zero attached hydrogens (tertiary/aromatic N) is 5. The Morgan fingerprint density at radius 3 is 2.50 bits per heavy atom. The third-order valence-electron chi connectivity index (χ3n) is 5.70. The van der Waals surface area contributed by atoms with Gasteiger partial charge in [-0.1, -0.05) is 60.7 Å². The van der Waals surface area contributed by atoms with Crippen LogP contribution in [0.2, 0.25) is 0 Å². The monoisotopic (exact) mass is 455 g/mol. The van der Waals surface area contributed by atoms with Gasteiger partial charge in [-0.15, -0.1) is 0 Å². The molecule has 0 aliphatic carbocycles. The second-order valence-electron chi connectivity index (χ2n) is 8.16. The van der Waals surface area contributed by atoms with Gasteiger partial charge in [0.25, 0.3) is 5.56 Å². The number of anilines is 3. The molecule has 9 nitrogen and oxygen atoms in total. The van der Waals surface area contributed by atoms with Crippen molar-refractivity contribution in [2.45, 2.75) is 25.6 Å². The van der Waals surface area contributed by atoms with Crippen molar-refractivity contribution in [1.82, 2.24) is 24.9 Å². The van der Waals surface area contributed by atoms with Crippen LogP contribution in [0.1, 0.15) is 18.5 Å². The Morgan fingerprint density at radius 2 is 1.74 bits per heavy atom. The van der Waals surface area contributed by atoms with Crippen LogP contribution in [0.5, 0.6) is 0 Å². The van der Waals surface area contributed by atoms with Gasteiger partial charge in [-0.2, -0.15) is 4.98 Å². The second-order valence-corrected chi connectivity index (χ2v) is 8.16. The lowest BCUT2D eigenvalue weighted by Crippen LogP contribution is -2.44. The van der Waals surface area contributed by atoms with Gasteiger partial charge in [0.05, 0.1) is 24.9 Å². The fraction of sp³-hybridized carbons (Fsp3) is 0.200. The fourth-order valence-electron chi connectivity index (χ4n) is 3.94. The summed E-state index contributed by atoms with van der Waals surface area (Å²) in [6.45, 7) is 2.47. The first-order valence-electron chi connectivity index (χ1n) is 11.1. The van der Waals surface area contributed by atoms with Crippen molar-refractivity contribution in [1.29, 1.82) is 0 Å². The molecule has 4 aromatic rings. The summed E-state index contributed by atoms with van der Waals surface area (Å²) in [4.78, 5) is 28.3. The molecule has 1 aliphatic heterocycles. The van der Waals surface area contributed by atoms with E-state index in [0.717, 1.165) is 11.1 Å². The largest absolute Gasteiger partial charge is 0.389 e. The number of fused-ring (bicyclic) bond motifs is 1. The molecule has 172 valence electrons. The van der Waals surface area contributed by atoms with Gasteiger partial charge in [0.1, 0.15) is 5.82 Å². The number of aromatic nitrogens is 4. The van der Waals surface area contributed by atoms with Crippen LogP contribution in [-0.2, 0) is 6.54 Å². The molecule has 3 heterocycles. The van der Waals surface area contributed by atoms with Crippen molar-refractivity contribution in [2.24, 2.45) is 0 Å². The van der Waals surface area contributed by atoms with Gasteiger partial charge in [0.15, 0.2) is 0 Å². The molecule has 2 atom stereocenters. The Hall–Kier alpha value is -4.08. The first-order valence-corrected chi connectivity index (χ1v) is 11.1. The third-order valence-corrected chi connectivity index (χ3v) is 5.70. The average Bonchev–Trinajstić information content (AvgIpc) is 2.88. The summed E-state index contributed by atoms with van der Waals surface area (Å²) < 4.78 is 1.48. The van der Waals surface area contributed by atoms with Gasteiger partial charge >= 0.3 is 0 Å². The van der Waals surface area contributed by atoms with Gasteiger partial charge in [0.2, 0.25) is 11.9 Å². The number of aliphatic hydroxyl groups excluding tert-OH is 1. The van der Waals surface area contributed by atoms with E-state index < -0.39 is 6.10 Å². The lowest BCUT2D eigenvalue weighted by molar-refractivity contribution is 0.150. The van der Waals surface area contributed by atoms with Crippen molar-refractivity contribution >= 4 is 17.7 Å². The van der Waals surface area contributed by atoms with Gasteiger partial charge in [-0.05, 0) is 18.6 Å². The lowest BCUT2D eigenvalue weighted by Gasteiger charge is -2.33. The molecule has 34 heavy (non-hydrogen) atoms. The van der Waals surface area contributed by atoms with Crippen LogP contribution in [0.15, 0.2) is 83.8 Å². The summed E-state index contributed by atoms with van der Waals surface area (Å²) >= 11 is 0. The highest BCUT2D eigenvalue weighted by atomic mass is 16.3. The quantitative estimate of drug-likeness (QED) is 0.381. The molecule has 3 N–H and O–H groups in total. The Kier molecular flexibility index (Phi) is 6.03. The molecule has 9 heteroatoms. The van der Waals surface area contributed by atoms with E-state index >= 15 is 0 Å². The number of rotatable bonds is 6. The molecular weight excluding hydrogens is 430 g/mol. The summed E-state index contributed by atoms with van der Waals surface area (Å²) in [5.41, 5.74) is 8.57. The van der Waals surface area contributed by atoms with E-state index in [2.05, 4.69) is 20.8 Å². The van der Waals surface area contributed by atoms with Crippen molar-refractivity contribution in [2.75, 3.05) is 16.9 Å². The Labute approximate surface area is 196 Å². The van der Waals surface area contributed by atoms with Crippen molar-refractivity contribution in [3.05, 3.63) is 94.9 Å². The molecule has 2 aromatic carbocycles. The van der Waals surface area contributed by atoms with Crippen LogP contribution < -0.4 is 21.3 Å². The fourth-order valence-corrected chi connectivity index (χ4v) is 3.94. The summed E-state index contributed by atoms with van der Waals surface area (Å²) in [5, 5.41) is 10.5. The molecule has 2 aromatic heterocycles. The number of β-amino-alcohol motifs (C(OH)–C–C–N with tert-alkyl or cyclic N) is 1. The molecule has 1 aliphatic rings. The lowest BCUT2D eigenvalue weighted by atomic mass is 10.1. The van der Waals surface area contributed by atoms with E-state index in [1.807, 2.05) is 67.6 Å². The molecule has 0 radical (unpaired) electrons. The topological polar surface area (TPSA) is 108 Å². The zero-order chi connectivity index (χ0) is 23.5. The number of hydrogen-bond acceptors (Lipinski definition) is 8. The van der Waals surface area contributed by atoms with Crippen LogP contribution in [0.3, 0.4) is 0 Å². The van der Waals surface area contributed by atoms with E-state index in [9.17, 15) is 9.90 Å². The van der Waals surface area contributed by atoms with E-state index in [-0.39, 0.29) is 24.7 Å². The SMILES string of the molecule is CC(NNc1nccc(N2CC(O)Cn3c2nc(-c2ccccc2)cc3=O)n1)c1ccccc1. The Bertz CT molecular complexity index is 1330. The normalized spacial score (nSPS) is 16.1. The number of aliphatic hydroxyl groups is 1. The maximum absolute atomic E-state index is 12.9. The molecule has 2 unspecified atom stereocenters. The number of hydrazine groups is 1. The molecule has 0 bridgehead atoms. The average molecular weight is 456 g/mol. The van der Waals surface area contributed by atoms with Crippen molar-refractivity contribution < 1.29 is 5.11 Å². The van der Waals surface area contributed by atoms with Gasteiger partial charge in [-0.25, -0.2) is 15.4 Å². The highest BCUT2D eigenvalue weighted by molar-refractivity contribution is 5.63. The van der Waals surface area contributed by atoms with Gasteiger partial charge < -0.3 is 5.11 Å². The first kappa shape index (κ1) is 21.7. The minimum Gasteiger partial charge on any atom is -0.389 e. The highest BCUT2D eigenvalue weighted by Gasteiger charge is 2.28. The number of hydrogen-bond donors (Lipinski definition) is 3. The molecular formula is C25H25N7O2. The number of benzene rings is 2. The minimum absolute atomic E-state index is 0.0275. The summed E-state index contributed by atoms with van der Waals surface area (Å²) in [7, 11) is 0. The summed E-state index contributed by atoms with van der Waals surface area (Å²) in [5.74, 6) is 1.33. The summed E-state index contributed by atoms with van der Waals surface area (Å²) in [6, 6.07) is 22.8. The predicted octanol–water partition coefficient (Wildman–Crippen LogP) is 2.89. The van der Waals surface area contributed by atoms with Crippen LogP contribution in [0, 0.1) is 0 Å². The van der Waals surface area contributed by atoms with Gasteiger partial charge in [0, 0.05) is 23.9 Å². The first-order chi connectivity index (χ1) is 16.6. The van der Waals surface area contributed by atoms with Crippen molar-refractivity contribution in [3.8, 4) is 11.3 Å². The smallest absolute Gasteiger partial charge is 0.255 e. The molecule has 0 fully saturated rings. The zero-order valence-corrected chi connectivity index (χ0v) is 18.7. The predicted molar refractivity (Wildman–Crippen MR) is 131 cm³/mol. The van der Waals surface area contributed by atoms with E-state index in [0.29, 0.717) is 23.4 Å². The maximum atomic E-state index is 12.9. The van der Waals surface area contributed by atoms with Crippen molar-refractivity contribution in [3.63, 3.8) is 0 Å². The number of nitrogens with one attached hydrogen (secondary N) is 2. The van der Waals surface area contributed by atoms with Gasteiger partial charge in [-0.3, -0.25) is 19.7 Å². The molecule has 0 saturated heterocycles. The third kappa shape index (κ3) is 4.52. The standard InChI is InChI=1S/C25H25N7O2/c1-17(18-8-4-2-5-9-18)29-30-24-26-13-12-22(28-24)31-15-20(33)16-32-23(34)14-21(27-25(31)32)19-10-6-3-7-11-19/h2-14,17,20,29,33H,15-16H2,1H3,(H,26,28,30). The Balaban J connectivity index is 1.44. The highest BCUT2D eigenvalue weighted by Crippen LogP contribution is 2.28. The zero-order valence-electron chi connectivity index (χ0n) is 18.7. The molecule has 5 rings (SSSR count). The second kappa shape index (κ2) is 9.42. The molecule has 0 amide bonds. The maximum Gasteiger partial charge on any atom is 0.255 e. The van der Waals surface area contributed by atoms with Crippen LogP contribution in [0.25, 0.3) is 11.3 Å². The minimum atomic E-state index is -0.739. The molecule has 0 saturated carbocycles. The van der Waals surface area contributed by atoms with Crippen LogP contribution in [-0.4, -0.2) is 37.3 Å². The Morgan fingerprint density at radius 1 is 1.00 bits per heavy atom. The van der Waals surface area contributed by atoms with E-state index in [4.69, 9.17) is 4.98 Å². The van der Waals surface area contributed by atoms with E-state index in [1.165, 1.54) is 10.6 Å². The molecule has 0 spiro atoms. The summed E-state index contributed by atoms with van der Waals surface area (Å²) in [6.07, 6.45) is 0.890. The van der Waals surface area contributed by atoms with Crippen LogP contribution >= 0.6 is 0 Å². The van der Waals surface area contributed by atoms with E-state index in [1.54, 1.807) is 17.2 Å². The van der Waals surface area contributed by atoms with Crippen LogP contribution in [0.4, 0.5) is 17.7 Å².